The van der Waals surface area contributed by atoms with Crippen LogP contribution < -0.4 is 10.1 Å². The van der Waals surface area contributed by atoms with Gasteiger partial charge in [-0.25, -0.2) is 14.6 Å². The molecular formula is C28H23N5O2. The van der Waals surface area contributed by atoms with Crippen LogP contribution in [0.3, 0.4) is 0 Å². The molecule has 0 spiro atoms. The molecule has 7 heteroatoms. The number of carbonyl (C=O) groups excluding carboxylic acids is 1. The number of amides is 1. The number of benzene rings is 3. The standard InChI is InChI=1S/C28H23N5O2/c1-19-29-16-15-25(30-19)20-9-8-10-21(17-20)31-28(34)24-18-33(22-11-4-3-5-12-22)32-27(24)23-13-6-7-14-26(23)35-2/h3-18H,1-2H3,(H,31,34). The Kier molecular flexibility index (Phi) is 6.05. The van der Waals surface area contributed by atoms with Crippen LogP contribution in [0.5, 0.6) is 5.75 Å². The third kappa shape index (κ3) is 4.65. The van der Waals surface area contributed by atoms with Crippen molar-refractivity contribution in [2.75, 3.05) is 12.4 Å². The fourth-order valence-corrected chi connectivity index (χ4v) is 3.86. The second kappa shape index (κ2) is 9.61. The van der Waals surface area contributed by atoms with Crippen molar-refractivity contribution in [2.45, 2.75) is 6.92 Å². The van der Waals surface area contributed by atoms with E-state index in [2.05, 4.69) is 15.3 Å². The first-order chi connectivity index (χ1) is 17.1. The first-order valence-corrected chi connectivity index (χ1v) is 11.1. The number of para-hydroxylation sites is 2. The maximum Gasteiger partial charge on any atom is 0.259 e. The SMILES string of the molecule is COc1ccccc1-c1nn(-c2ccccc2)cc1C(=O)Nc1cccc(-c2ccnc(C)n2)c1. The molecule has 0 aliphatic carbocycles. The predicted octanol–water partition coefficient (Wildman–Crippen LogP) is 5.57. The molecule has 0 fully saturated rings. The number of nitrogens with zero attached hydrogens (tertiary/aromatic N) is 4. The van der Waals surface area contributed by atoms with Crippen molar-refractivity contribution in [2.24, 2.45) is 0 Å². The van der Waals surface area contributed by atoms with Crippen LogP contribution in [0.25, 0.3) is 28.2 Å². The molecule has 3 aromatic carbocycles. The van der Waals surface area contributed by atoms with Gasteiger partial charge >= 0.3 is 0 Å². The number of nitrogens with one attached hydrogen (secondary N) is 1. The summed E-state index contributed by atoms with van der Waals surface area (Å²) in [6.45, 7) is 1.85. The molecule has 1 amide bonds. The molecule has 0 saturated heterocycles. The summed E-state index contributed by atoms with van der Waals surface area (Å²) in [4.78, 5) is 22.2. The highest BCUT2D eigenvalue weighted by atomic mass is 16.5. The Morgan fingerprint density at radius 2 is 1.74 bits per heavy atom. The number of aryl methyl sites for hydroxylation is 1. The van der Waals surface area contributed by atoms with Gasteiger partial charge in [0, 0.05) is 29.2 Å². The van der Waals surface area contributed by atoms with Crippen molar-refractivity contribution in [3.63, 3.8) is 0 Å². The molecule has 0 bridgehead atoms. The second-order valence-corrected chi connectivity index (χ2v) is 7.90. The van der Waals surface area contributed by atoms with E-state index in [4.69, 9.17) is 9.84 Å². The van der Waals surface area contributed by atoms with Gasteiger partial charge in [0.25, 0.3) is 5.91 Å². The van der Waals surface area contributed by atoms with Gasteiger partial charge in [-0.2, -0.15) is 5.10 Å². The van der Waals surface area contributed by atoms with E-state index in [1.54, 1.807) is 24.2 Å². The minimum atomic E-state index is -0.274. The molecule has 1 N–H and O–H groups in total. The summed E-state index contributed by atoms with van der Waals surface area (Å²) in [6.07, 6.45) is 3.46. The molecule has 2 aromatic heterocycles. The van der Waals surface area contributed by atoms with E-state index in [9.17, 15) is 4.79 Å². The van der Waals surface area contributed by atoms with E-state index in [0.717, 1.165) is 22.5 Å². The van der Waals surface area contributed by atoms with Crippen LogP contribution in [0, 0.1) is 6.92 Å². The molecule has 0 saturated carbocycles. The molecule has 5 rings (SSSR count). The van der Waals surface area contributed by atoms with Crippen molar-refractivity contribution < 1.29 is 9.53 Å². The largest absolute Gasteiger partial charge is 0.496 e. The van der Waals surface area contributed by atoms with Gasteiger partial charge in [-0.1, -0.05) is 42.5 Å². The zero-order chi connectivity index (χ0) is 24.2. The maximum absolute atomic E-state index is 13.5. The number of hydrogen-bond donors (Lipinski definition) is 1. The van der Waals surface area contributed by atoms with Crippen molar-refractivity contribution in [3.8, 4) is 34.0 Å². The number of rotatable bonds is 6. The Labute approximate surface area is 203 Å². The average Bonchev–Trinajstić information content (AvgIpc) is 3.35. The number of carbonyl (C=O) groups is 1. The maximum atomic E-state index is 13.5. The van der Waals surface area contributed by atoms with Gasteiger partial charge in [0.1, 0.15) is 17.3 Å². The molecule has 0 aliphatic rings. The molecule has 0 atom stereocenters. The summed E-state index contributed by atoms with van der Waals surface area (Å²) in [5, 5.41) is 7.77. The fraction of sp³-hybridized carbons (Fsp3) is 0.0714. The zero-order valence-electron chi connectivity index (χ0n) is 19.3. The lowest BCUT2D eigenvalue weighted by atomic mass is 10.1. The van der Waals surface area contributed by atoms with E-state index in [1.165, 1.54) is 0 Å². The lowest BCUT2D eigenvalue weighted by Crippen LogP contribution is -2.12. The summed E-state index contributed by atoms with van der Waals surface area (Å²) >= 11 is 0. The summed E-state index contributed by atoms with van der Waals surface area (Å²) in [7, 11) is 1.60. The van der Waals surface area contributed by atoms with Crippen molar-refractivity contribution in [1.82, 2.24) is 19.7 Å². The smallest absolute Gasteiger partial charge is 0.259 e. The highest BCUT2D eigenvalue weighted by Crippen LogP contribution is 2.32. The lowest BCUT2D eigenvalue weighted by molar-refractivity contribution is 0.102. The number of aromatic nitrogens is 4. The van der Waals surface area contributed by atoms with Crippen molar-refractivity contribution >= 4 is 11.6 Å². The van der Waals surface area contributed by atoms with E-state index in [-0.39, 0.29) is 5.91 Å². The highest BCUT2D eigenvalue weighted by molar-refractivity contribution is 6.08. The summed E-state index contributed by atoms with van der Waals surface area (Å²) in [5.74, 6) is 1.05. The van der Waals surface area contributed by atoms with Gasteiger partial charge in [0.05, 0.1) is 24.1 Å². The van der Waals surface area contributed by atoms with Gasteiger partial charge < -0.3 is 10.1 Å². The Morgan fingerprint density at radius 1 is 0.943 bits per heavy atom. The van der Waals surface area contributed by atoms with Gasteiger partial charge in [0.15, 0.2) is 0 Å². The Hall–Kier alpha value is -4.78. The Bertz CT molecular complexity index is 1490. The van der Waals surface area contributed by atoms with Gasteiger partial charge in [-0.05, 0) is 49.4 Å². The summed E-state index contributed by atoms with van der Waals surface area (Å²) in [6, 6.07) is 26.6. The fourth-order valence-electron chi connectivity index (χ4n) is 3.86. The Balaban J connectivity index is 1.53. The van der Waals surface area contributed by atoms with Gasteiger partial charge in [-0.15, -0.1) is 0 Å². The second-order valence-electron chi connectivity index (χ2n) is 7.90. The molecular weight excluding hydrogens is 438 g/mol. The van der Waals surface area contributed by atoms with Crippen LogP contribution >= 0.6 is 0 Å². The topological polar surface area (TPSA) is 81.9 Å². The molecule has 2 heterocycles. The Morgan fingerprint density at radius 3 is 2.54 bits per heavy atom. The minimum Gasteiger partial charge on any atom is -0.496 e. The highest BCUT2D eigenvalue weighted by Gasteiger charge is 2.21. The molecule has 5 aromatic rings. The first-order valence-electron chi connectivity index (χ1n) is 11.1. The molecule has 172 valence electrons. The quantitative estimate of drug-likeness (QED) is 0.358. The van der Waals surface area contributed by atoms with E-state index in [0.29, 0.717) is 28.5 Å². The monoisotopic (exact) mass is 461 g/mol. The van der Waals surface area contributed by atoms with Crippen LogP contribution in [0.4, 0.5) is 5.69 Å². The molecule has 0 aliphatic heterocycles. The predicted molar refractivity (Wildman–Crippen MR) is 136 cm³/mol. The van der Waals surface area contributed by atoms with Gasteiger partial charge in [-0.3, -0.25) is 4.79 Å². The number of hydrogen-bond acceptors (Lipinski definition) is 5. The third-order valence-corrected chi connectivity index (χ3v) is 5.53. The normalized spacial score (nSPS) is 10.7. The zero-order valence-corrected chi connectivity index (χ0v) is 19.3. The van der Waals surface area contributed by atoms with Crippen LogP contribution in [-0.4, -0.2) is 32.8 Å². The molecule has 0 radical (unpaired) electrons. The van der Waals surface area contributed by atoms with E-state index < -0.39 is 0 Å². The first kappa shape index (κ1) is 22.0. The lowest BCUT2D eigenvalue weighted by Gasteiger charge is -2.09. The summed E-state index contributed by atoms with van der Waals surface area (Å²) in [5.41, 5.74) is 4.89. The van der Waals surface area contributed by atoms with Crippen LogP contribution in [0.2, 0.25) is 0 Å². The summed E-state index contributed by atoms with van der Waals surface area (Å²) < 4.78 is 7.25. The third-order valence-electron chi connectivity index (χ3n) is 5.53. The number of methoxy groups -OCH3 is 1. The van der Waals surface area contributed by atoms with Crippen LogP contribution in [0.15, 0.2) is 97.3 Å². The molecule has 0 unspecified atom stereocenters. The number of ether oxygens (including phenoxy) is 1. The van der Waals surface area contributed by atoms with Crippen molar-refractivity contribution in [1.29, 1.82) is 0 Å². The molecule has 35 heavy (non-hydrogen) atoms. The number of anilines is 1. The van der Waals surface area contributed by atoms with Crippen LogP contribution in [-0.2, 0) is 0 Å². The van der Waals surface area contributed by atoms with Gasteiger partial charge in [0.2, 0.25) is 0 Å². The van der Waals surface area contributed by atoms with Crippen LogP contribution in [0.1, 0.15) is 16.2 Å². The van der Waals surface area contributed by atoms with Crippen molar-refractivity contribution in [3.05, 3.63) is 109 Å². The minimum absolute atomic E-state index is 0.274. The molecule has 7 nitrogen and oxygen atoms in total. The van der Waals surface area contributed by atoms with E-state index in [1.807, 2.05) is 91.9 Å². The average molecular weight is 462 g/mol. The van der Waals surface area contributed by atoms with E-state index >= 15 is 0 Å².